The monoisotopic (exact) mass is 570 g/mol. The predicted molar refractivity (Wildman–Crippen MR) is 143 cm³/mol. The van der Waals surface area contributed by atoms with Crippen LogP contribution in [-0.4, -0.2) is 34.0 Å². The molecule has 6 rings (SSSR count). The van der Waals surface area contributed by atoms with Gasteiger partial charge in [-0.2, -0.15) is 5.10 Å². The van der Waals surface area contributed by atoms with Gasteiger partial charge in [-0.1, -0.05) is 17.7 Å². The van der Waals surface area contributed by atoms with Crippen LogP contribution in [0.25, 0.3) is 16.9 Å². The summed E-state index contributed by atoms with van der Waals surface area (Å²) in [6.07, 6.45) is 9.25. The minimum Gasteiger partial charge on any atom is -0.277 e. The molecule has 0 N–H and O–H groups in total. The first-order valence-corrected chi connectivity index (χ1v) is 14.8. The van der Waals surface area contributed by atoms with Gasteiger partial charge in [0.15, 0.2) is 21.5 Å². The fourth-order valence-corrected chi connectivity index (χ4v) is 6.32. The van der Waals surface area contributed by atoms with Gasteiger partial charge in [0.05, 0.1) is 17.9 Å². The molecule has 2 aliphatic carbocycles. The molecule has 1 aromatic carbocycles. The molecule has 0 amide bonds. The summed E-state index contributed by atoms with van der Waals surface area (Å²) in [5, 5.41) is 4.47. The SMILES string of the molecule is Cc1cnc(-c2cccc(S(C)(=O)=O)c2F)c(F)c1-n1c(C)cc([C@H]2C[C@@H]2c2cnn(C3CC3)c2)c(Cl)c1=O. The minimum absolute atomic E-state index is 0.00472. The van der Waals surface area contributed by atoms with Gasteiger partial charge in [-0.25, -0.2) is 17.2 Å². The number of halogens is 3. The van der Waals surface area contributed by atoms with E-state index in [9.17, 15) is 13.2 Å². The molecule has 0 saturated heterocycles. The molecular weight excluding hydrogens is 546 g/mol. The summed E-state index contributed by atoms with van der Waals surface area (Å²) < 4.78 is 58.4. The molecule has 0 aliphatic heterocycles. The van der Waals surface area contributed by atoms with Gasteiger partial charge in [-0.3, -0.25) is 19.0 Å². The third-order valence-electron chi connectivity index (χ3n) is 7.54. The smallest absolute Gasteiger partial charge is 0.274 e. The van der Waals surface area contributed by atoms with Gasteiger partial charge >= 0.3 is 0 Å². The van der Waals surface area contributed by atoms with Crippen molar-refractivity contribution in [3.8, 4) is 16.9 Å². The summed E-state index contributed by atoms with van der Waals surface area (Å²) in [7, 11) is -3.90. The zero-order valence-corrected chi connectivity index (χ0v) is 23.0. The van der Waals surface area contributed by atoms with Crippen LogP contribution < -0.4 is 5.56 Å². The maximum atomic E-state index is 16.0. The minimum atomic E-state index is -3.90. The predicted octanol–water partition coefficient (Wildman–Crippen LogP) is 5.65. The normalized spacial score (nSPS) is 18.9. The lowest BCUT2D eigenvalue weighted by atomic mass is 10.0. The zero-order chi connectivity index (χ0) is 27.8. The number of benzene rings is 1. The standard InChI is InChI=1S/C28H25ClF2N4O3S/c1-14-11-32-26(18-5-4-6-22(24(18)30)39(3,37)38)25(31)27(14)35-15(2)9-21(23(29)28(35)36)20-10-19(20)16-12-33-34(13-16)17-7-8-17/h4-6,9,11-13,17,19-20H,7-8,10H2,1-3H3/t19-,20+/m1/s1. The van der Waals surface area contributed by atoms with Crippen molar-refractivity contribution in [3.63, 3.8) is 0 Å². The van der Waals surface area contributed by atoms with Crippen molar-refractivity contribution in [2.75, 3.05) is 6.26 Å². The van der Waals surface area contributed by atoms with Crippen molar-refractivity contribution < 1.29 is 17.2 Å². The van der Waals surface area contributed by atoms with Crippen LogP contribution >= 0.6 is 11.6 Å². The van der Waals surface area contributed by atoms with E-state index >= 15 is 8.78 Å². The molecule has 4 aromatic rings. The highest BCUT2D eigenvalue weighted by Crippen LogP contribution is 2.56. The Labute approximate surface area is 229 Å². The maximum absolute atomic E-state index is 16.0. The first kappa shape index (κ1) is 25.9. The van der Waals surface area contributed by atoms with E-state index in [0.29, 0.717) is 22.9 Å². The number of rotatable bonds is 6. The molecule has 0 radical (unpaired) electrons. The van der Waals surface area contributed by atoms with Crippen molar-refractivity contribution in [1.29, 1.82) is 0 Å². The lowest BCUT2D eigenvalue weighted by Crippen LogP contribution is -2.24. The Bertz CT molecular complexity index is 1830. The number of nitrogens with zero attached hydrogens (tertiary/aromatic N) is 4. The summed E-state index contributed by atoms with van der Waals surface area (Å²) in [4.78, 5) is 17.1. The Morgan fingerprint density at radius 2 is 1.82 bits per heavy atom. The third-order valence-corrected chi connectivity index (χ3v) is 9.03. The third kappa shape index (κ3) is 4.39. The molecule has 3 aromatic heterocycles. The molecule has 11 heteroatoms. The Balaban J connectivity index is 1.41. The summed E-state index contributed by atoms with van der Waals surface area (Å²) in [6.45, 7) is 3.27. The first-order valence-electron chi connectivity index (χ1n) is 12.6. The second-order valence-corrected chi connectivity index (χ2v) is 12.8. The van der Waals surface area contributed by atoms with E-state index in [2.05, 4.69) is 16.3 Å². The highest BCUT2D eigenvalue weighted by Gasteiger charge is 2.43. The zero-order valence-electron chi connectivity index (χ0n) is 21.5. The van der Waals surface area contributed by atoms with Crippen LogP contribution in [0.4, 0.5) is 8.78 Å². The fourth-order valence-electron chi connectivity index (χ4n) is 5.28. The Morgan fingerprint density at radius 3 is 2.51 bits per heavy atom. The van der Waals surface area contributed by atoms with Gasteiger partial charge in [0, 0.05) is 29.9 Å². The number of hydrogen-bond acceptors (Lipinski definition) is 5. The largest absolute Gasteiger partial charge is 0.277 e. The van der Waals surface area contributed by atoms with Gasteiger partial charge in [-0.15, -0.1) is 0 Å². The van der Waals surface area contributed by atoms with Crippen LogP contribution in [0.2, 0.25) is 5.02 Å². The number of hydrogen-bond donors (Lipinski definition) is 0. The quantitative estimate of drug-likeness (QED) is 0.299. The fraction of sp³-hybridized carbons (Fsp3) is 0.321. The molecule has 2 saturated carbocycles. The molecule has 3 heterocycles. The lowest BCUT2D eigenvalue weighted by Gasteiger charge is -2.18. The van der Waals surface area contributed by atoms with Crippen molar-refractivity contribution >= 4 is 21.4 Å². The van der Waals surface area contributed by atoms with E-state index in [1.165, 1.54) is 22.9 Å². The van der Waals surface area contributed by atoms with Crippen molar-refractivity contribution in [1.82, 2.24) is 19.3 Å². The average molecular weight is 571 g/mol. The number of pyridine rings is 2. The second-order valence-electron chi connectivity index (χ2n) is 10.5. The van der Waals surface area contributed by atoms with Gasteiger partial charge in [0.2, 0.25) is 0 Å². The van der Waals surface area contributed by atoms with E-state index < -0.39 is 37.6 Å². The highest BCUT2D eigenvalue weighted by atomic mass is 35.5. The molecule has 0 spiro atoms. The lowest BCUT2D eigenvalue weighted by molar-refractivity contribution is 0.569. The van der Waals surface area contributed by atoms with Crippen molar-refractivity contribution in [2.24, 2.45) is 0 Å². The Hall–Kier alpha value is -3.37. The molecule has 0 unspecified atom stereocenters. The Morgan fingerprint density at radius 1 is 1.08 bits per heavy atom. The summed E-state index contributed by atoms with van der Waals surface area (Å²) in [5.41, 5.74) is 1.19. The van der Waals surface area contributed by atoms with Crippen LogP contribution in [0.1, 0.15) is 59.5 Å². The second kappa shape index (κ2) is 9.09. The summed E-state index contributed by atoms with van der Waals surface area (Å²) >= 11 is 6.61. The van der Waals surface area contributed by atoms with Crippen molar-refractivity contribution in [2.45, 2.75) is 55.9 Å². The molecule has 0 bridgehead atoms. The van der Waals surface area contributed by atoms with Crippen LogP contribution in [-0.2, 0) is 9.84 Å². The number of sulfone groups is 1. The molecule has 7 nitrogen and oxygen atoms in total. The average Bonchev–Trinajstić information content (AvgIpc) is 3.82. The van der Waals surface area contributed by atoms with Gasteiger partial charge < -0.3 is 0 Å². The number of aromatic nitrogens is 4. The maximum Gasteiger partial charge on any atom is 0.274 e. The molecule has 2 fully saturated rings. The van der Waals surface area contributed by atoms with E-state index in [4.69, 9.17) is 11.6 Å². The van der Waals surface area contributed by atoms with Crippen LogP contribution in [0.15, 0.2) is 52.5 Å². The summed E-state index contributed by atoms with van der Waals surface area (Å²) in [6, 6.07) is 5.95. The van der Waals surface area contributed by atoms with E-state index in [1.54, 1.807) is 19.9 Å². The van der Waals surface area contributed by atoms with E-state index in [1.807, 2.05) is 10.9 Å². The van der Waals surface area contributed by atoms with E-state index in [-0.39, 0.29) is 28.1 Å². The van der Waals surface area contributed by atoms with Crippen LogP contribution in [0, 0.1) is 25.5 Å². The molecular formula is C28H25ClF2N4O3S. The van der Waals surface area contributed by atoms with Crippen LogP contribution in [0.3, 0.4) is 0 Å². The Kier molecular flexibility index (Phi) is 6.03. The van der Waals surface area contributed by atoms with Gasteiger partial charge in [0.25, 0.3) is 5.56 Å². The number of aryl methyl sites for hydroxylation is 2. The molecule has 202 valence electrons. The van der Waals surface area contributed by atoms with Gasteiger partial charge in [-0.05, 0) is 79.8 Å². The van der Waals surface area contributed by atoms with Gasteiger partial charge in [0.1, 0.15) is 15.6 Å². The van der Waals surface area contributed by atoms with Crippen LogP contribution in [0.5, 0.6) is 0 Å². The summed E-state index contributed by atoms with van der Waals surface area (Å²) in [5.74, 6) is -1.79. The molecule has 39 heavy (non-hydrogen) atoms. The highest BCUT2D eigenvalue weighted by molar-refractivity contribution is 7.90. The topological polar surface area (TPSA) is 86.8 Å². The molecule has 2 aliphatic rings. The first-order chi connectivity index (χ1) is 18.5. The molecule has 2 atom stereocenters. The van der Waals surface area contributed by atoms with E-state index in [0.717, 1.165) is 37.1 Å². The van der Waals surface area contributed by atoms with Crippen molar-refractivity contribution in [3.05, 3.63) is 92.3 Å².